The number of aromatic nitrogens is 3. The number of nitrogens with two attached hydrogens (primary N) is 1. The molecule has 1 aliphatic carbocycles. The molecule has 1 aliphatic rings. The summed E-state index contributed by atoms with van der Waals surface area (Å²) >= 11 is 6.97. The summed E-state index contributed by atoms with van der Waals surface area (Å²) < 4.78 is 46.5. The van der Waals surface area contributed by atoms with Crippen LogP contribution in [0.15, 0.2) is 60.5 Å². The fourth-order valence-electron chi connectivity index (χ4n) is 2.95. The number of imidazole rings is 1. The lowest BCUT2D eigenvalue weighted by Crippen LogP contribution is -2.19. The van der Waals surface area contributed by atoms with Crippen molar-refractivity contribution in [2.45, 2.75) is 6.18 Å². The predicted molar refractivity (Wildman–Crippen MR) is 112 cm³/mol. The van der Waals surface area contributed by atoms with E-state index < -0.39 is 18.0 Å². The fraction of sp³-hybridized carbons (Fsp3) is 0.150. The van der Waals surface area contributed by atoms with Gasteiger partial charge in [0.25, 0.3) is 5.91 Å². The maximum atomic E-state index is 13.1. The van der Waals surface area contributed by atoms with Gasteiger partial charge in [0, 0.05) is 5.02 Å². The van der Waals surface area contributed by atoms with Crippen molar-refractivity contribution in [2.75, 3.05) is 6.61 Å². The van der Waals surface area contributed by atoms with Crippen molar-refractivity contribution in [1.82, 2.24) is 14.5 Å². The number of nitrogens with zero attached hydrogens (tertiary/aromatic N) is 3. The smallest absolute Gasteiger partial charge is 0.398 e. The molecule has 3 aromatic rings. The molecule has 2 N–H and O–H groups in total. The van der Waals surface area contributed by atoms with Crippen molar-refractivity contribution in [3.8, 4) is 11.0 Å². The van der Waals surface area contributed by atoms with Crippen molar-refractivity contribution in [1.29, 1.82) is 0 Å². The molecule has 4 rings (SSSR count). The summed E-state index contributed by atoms with van der Waals surface area (Å²) in [5.41, 5.74) is 7.07. The number of amides is 1. The summed E-state index contributed by atoms with van der Waals surface area (Å²) in [6.45, 7) is -0.214. The summed E-state index contributed by atoms with van der Waals surface area (Å²) in [6, 6.07) is 5.13. The highest BCUT2D eigenvalue weighted by Gasteiger charge is 2.36. The fourth-order valence-corrected chi connectivity index (χ4v) is 3.96. The van der Waals surface area contributed by atoms with Gasteiger partial charge in [-0.3, -0.25) is 9.36 Å². The molecule has 1 unspecified atom stereocenters. The molecule has 1 aromatic carbocycles. The van der Waals surface area contributed by atoms with Crippen molar-refractivity contribution in [3.63, 3.8) is 0 Å². The highest BCUT2D eigenvalue weighted by Crippen LogP contribution is 2.32. The number of thiazole rings is 1. The van der Waals surface area contributed by atoms with Gasteiger partial charge in [-0.15, -0.1) is 0 Å². The maximum absolute atomic E-state index is 13.1. The zero-order valence-electron chi connectivity index (χ0n) is 15.6. The van der Waals surface area contributed by atoms with Gasteiger partial charge in [0.05, 0.1) is 17.0 Å². The van der Waals surface area contributed by atoms with Gasteiger partial charge >= 0.3 is 6.18 Å². The molecule has 0 saturated carbocycles. The molecular weight excluding hydrogens is 453 g/mol. The molecule has 31 heavy (non-hydrogen) atoms. The molecule has 2 aromatic heterocycles. The Hall–Kier alpha value is -3.11. The van der Waals surface area contributed by atoms with Crippen molar-refractivity contribution in [2.24, 2.45) is 11.7 Å². The normalized spacial score (nSPS) is 16.4. The van der Waals surface area contributed by atoms with E-state index in [-0.39, 0.29) is 17.4 Å². The molecule has 6 nitrogen and oxygen atoms in total. The number of benzene rings is 1. The van der Waals surface area contributed by atoms with Crippen LogP contribution in [0.4, 0.5) is 13.2 Å². The summed E-state index contributed by atoms with van der Waals surface area (Å²) in [5.74, 6) is -2.54. The standard InChI is InChI=1S/C20H14ClF3N4O2S/c21-13-5-6-15-14(8-13)26-10-28(15)19-27-18(16(31-19)17(25)29)30-9-11-3-1-2-4-12(7-11)20(22,23)24/h1-8,10,12H,9H2,(H2,25,29). The van der Waals surface area contributed by atoms with Crippen LogP contribution in [0.1, 0.15) is 9.67 Å². The highest BCUT2D eigenvalue weighted by molar-refractivity contribution is 7.16. The monoisotopic (exact) mass is 466 g/mol. The zero-order chi connectivity index (χ0) is 22.2. The van der Waals surface area contributed by atoms with Crippen LogP contribution in [-0.2, 0) is 0 Å². The third-order valence-electron chi connectivity index (χ3n) is 4.41. The van der Waals surface area contributed by atoms with Gasteiger partial charge in [0.2, 0.25) is 5.88 Å². The molecule has 1 atom stereocenters. The van der Waals surface area contributed by atoms with E-state index >= 15 is 0 Å². The van der Waals surface area contributed by atoms with Crippen LogP contribution in [0.25, 0.3) is 16.2 Å². The van der Waals surface area contributed by atoms with E-state index in [1.807, 2.05) is 0 Å². The number of alkyl halides is 3. The average molecular weight is 467 g/mol. The number of hydrogen-bond acceptors (Lipinski definition) is 5. The molecule has 0 radical (unpaired) electrons. The summed E-state index contributed by atoms with van der Waals surface area (Å²) in [7, 11) is 0. The third-order valence-corrected chi connectivity index (χ3v) is 5.70. The number of ether oxygens (including phenoxy) is 1. The lowest BCUT2D eigenvalue weighted by molar-refractivity contribution is -0.148. The first-order valence-electron chi connectivity index (χ1n) is 8.91. The number of carbonyl (C=O) groups is 1. The largest absolute Gasteiger partial charge is 0.472 e. The molecule has 0 bridgehead atoms. The molecule has 1 amide bonds. The van der Waals surface area contributed by atoms with Crippen LogP contribution >= 0.6 is 22.9 Å². The minimum Gasteiger partial charge on any atom is -0.472 e. The first kappa shape index (κ1) is 21.1. The summed E-state index contributed by atoms with van der Waals surface area (Å²) in [5, 5.41) is 0.893. The number of rotatable bonds is 5. The minimum atomic E-state index is -4.41. The molecule has 160 valence electrons. The Bertz CT molecular complexity index is 1240. The summed E-state index contributed by atoms with van der Waals surface area (Å²) in [4.78, 5) is 20.5. The Labute approximate surface area is 183 Å². The van der Waals surface area contributed by atoms with Gasteiger partial charge in [0.15, 0.2) is 10.0 Å². The Morgan fingerprint density at radius 3 is 2.87 bits per heavy atom. The minimum absolute atomic E-state index is 0.0505. The van der Waals surface area contributed by atoms with Crippen LogP contribution in [0, 0.1) is 5.92 Å². The van der Waals surface area contributed by atoms with E-state index in [2.05, 4.69) is 9.97 Å². The van der Waals surface area contributed by atoms with Crippen molar-refractivity contribution >= 4 is 39.9 Å². The van der Waals surface area contributed by atoms with Gasteiger partial charge in [-0.25, -0.2) is 4.98 Å². The Morgan fingerprint density at radius 2 is 2.13 bits per heavy atom. The number of halogens is 4. The van der Waals surface area contributed by atoms with Crippen LogP contribution in [-0.4, -0.2) is 33.2 Å². The number of allylic oxidation sites excluding steroid dienone is 4. The van der Waals surface area contributed by atoms with Crippen molar-refractivity contribution in [3.05, 3.63) is 70.4 Å². The van der Waals surface area contributed by atoms with Gasteiger partial charge in [-0.1, -0.05) is 53.3 Å². The zero-order valence-corrected chi connectivity index (χ0v) is 17.2. The average Bonchev–Trinajstić information content (AvgIpc) is 3.22. The lowest BCUT2D eigenvalue weighted by Gasteiger charge is -2.13. The van der Waals surface area contributed by atoms with Crippen LogP contribution in [0.2, 0.25) is 5.02 Å². The second-order valence-corrected chi connectivity index (χ2v) is 8.00. The van der Waals surface area contributed by atoms with E-state index in [1.165, 1.54) is 24.6 Å². The van der Waals surface area contributed by atoms with E-state index in [9.17, 15) is 18.0 Å². The molecular formula is C20H14ClF3N4O2S. The third kappa shape index (κ3) is 4.49. The Morgan fingerprint density at radius 1 is 1.32 bits per heavy atom. The van der Waals surface area contributed by atoms with Gasteiger partial charge < -0.3 is 10.5 Å². The van der Waals surface area contributed by atoms with Crippen LogP contribution in [0.5, 0.6) is 5.88 Å². The lowest BCUT2D eigenvalue weighted by atomic mass is 10.1. The SMILES string of the molecule is NC(=O)c1sc(-n2cnc3cc(Cl)ccc32)nc1OCC1=CC(C(F)(F)F)C=CC=C1. The summed E-state index contributed by atoms with van der Waals surface area (Å²) in [6.07, 6.45) is 3.54. The second-order valence-electron chi connectivity index (χ2n) is 6.58. The molecule has 0 spiro atoms. The van der Waals surface area contributed by atoms with Crippen molar-refractivity contribution < 1.29 is 22.7 Å². The number of fused-ring (bicyclic) bond motifs is 1. The quantitative estimate of drug-likeness (QED) is 0.583. The Kier molecular flexibility index (Phi) is 5.59. The maximum Gasteiger partial charge on any atom is 0.398 e. The number of carbonyl (C=O) groups excluding carboxylic acids is 1. The first-order chi connectivity index (χ1) is 14.7. The number of hydrogen-bond donors (Lipinski definition) is 1. The highest BCUT2D eigenvalue weighted by atomic mass is 35.5. The Balaban J connectivity index is 1.62. The molecule has 0 aliphatic heterocycles. The predicted octanol–water partition coefficient (Wildman–Crippen LogP) is 4.84. The van der Waals surface area contributed by atoms with E-state index in [0.717, 1.165) is 23.5 Å². The van der Waals surface area contributed by atoms with Crippen LogP contribution < -0.4 is 10.5 Å². The number of primary amides is 1. The van der Waals surface area contributed by atoms with Crippen LogP contribution in [0.3, 0.4) is 0 Å². The molecule has 0 saturated heterocycles. The first-order valence-corrected chi connectivity index (χ1v) is 10.1. The van der Waals surface area contributed by atoms with Gasteiger partial charge in [-0.2, -0.15) is 18.2 Å². The molecule has 2 heterocycles. The van der Waals surface area contributed by atoms with Gasteiger partial charge in [-0.05, 0) is 23.8 Å². The second kappa shape index (κ2) is 8.20. The topological polar surface area (TPSA) is 83.0 Å². The van der Waals surface area contributed by atoms with E-state index in [4.69, 9.17) is 22.1 Å². The van der Waals surface area contributed by atoms with Gasteiger partial charge in [0.1, 0.15) is 12.9 Å². The molecule has 11 heteroatoms. The van der Waals surface area contributed by atoms with E-state index in [1.54, 1.807) is 22.8 Å². The molecule has 0 fully saturated rings. The van der Waals surface area contributed by atoms with E-state index in [0.29, 0.717) is 26.8 Å².